The second kappa shape index (κ2) is 10.9. The van der Waals surface area contributed by atoms with E-state index in [9.17, 15) is 9.90 Å². The zero-order valence-electron chi connectivity index (χ0n) is 22.0. The maximum absolute atomic E-state index is 13.2. The number of carbonyl (C=O) groups excluding carboxylic acids is 1. The monoisotopic (exact) mass is 515 g/mol. The van der Waals surface area contributed by atoms with Crippen LogP contribution in [0.2, 0.25) is 0 Å². The molecule has 6 atom stereocenters. The van der Waals surface area contributed by atoms with Crippen LogP contribution in [0.15, 0.2) is 35.2 Å². The Morgan fingerprint density at radius 2 is 1.97 bits per heavy atom. The molecule has 1 aromatic heterocycles. The lowest BCUT2D eigenvalue weighted by Crippen LogP contribution is -2.53. The van der Waals surface area contributed by atoms with Gasteiger partial charge in [0.2, 0.25) is 5.91 Å². The Balaban J connectivity index is 1.48. The third-order valence-electron chi connectivity index (χ3n) is 8.36. The molecule has 1 N–H and O–H groups in total. The van der Waals surface area contributed by atoms with Crippen molar-refractivity contribution in [3.63, 3.8) is 0 Å². The standard InChI is InChI=1S/C28H41N3O2S2/c1-18(27(33)31(6)15-14-30(4)5)21-12-13-28(3)16-22-25(19(2)24(28)26(21)32)29-23(35-22)17-34-20-10-8-7-9-11-20/h7-11,18-19,21,24,26,32H,12-17H2,1-6H3/t18-,19+,21+,24+,26-,28+/m0/s1. The molecule has 192 valence electrons. The van der Waals surface area contributed by atoms with Gasteiger partial charge < -0.3 is 14.9 Å². The molecule has 1 aromatic carbocycles. The third-order valence-corrected chi connectivity index (χ3v) is 10.6. The Labute approximate surface area is 219 Å². The molecule has 2 aliphatic carbocycles. The van der Waals surface area contributed by atoms with Gasteiger partial charge in [0.1, 0.15) is 5.01 Å². The number of thioether (sulfide) groups is 1. The van der Waals surface area contributed by atoms with Crippen LogP contribution in [0.3, 0.4) is 0 Å². The highest BCUT2D eigenvalue weighted by Crippen LogP contribution is 2.57. The lowest BCUT2D eigenvalue weighted by atomic mass is 9.53. The van der Waals surface area contributed by atoms with Gasteiger partial charge in [-0.05, 0) is 62.7 Å². The van der Waals surface area contributed by atoms with Gasteiger partial charge in [-0.3, -0.25) is 4.79 Å². The molecule has 0 aliphatic heterocycles. The Bertz CT molecular complexity index is 1010. The van der Waals surface area contributed by atoms with E-state index in [0.29, 0.717) is 6.54 Å². The maximum atomic E-state index is 13.2. The quantitative estimate of drug-likeness (QED) is 0.493. The van der Waals surface area contributed by atoms with E-state index in [-0.39, 0.29) is 35.0 Å². The van der Waals surface area contributed by atoms with E-state index in [1.807, 2.05) is 62.1 Å². The summed E-state index contributed by atoms with van der Waals surface area (Å²) in [5.74, 6) is 1.18. The minimum Gasteiger partial charge on any atom is -0.392 e. The predicted octanol–water partition coefficient (Wildman–Crippen LogP) is 5.14. The minimum absolute atomic E-state index is 0.00174. The van der Waals surface area contributed by atoms with Crippen LogP contribution in [0, 0.1) is 23.2 Å². The summed E-state index contributed by atoms with van der Waals surface area (Å²) in [5, 5.41) is 12.9. The van der Waals surface area contributed by atoms with E-state index in [1.54, 1.807) is 0 Å². The predicted molar refractivity (Wildman–Crippen MR) is 146 cm³/mol. The van der Waals surface area contributed by atoms with E-state index < -0.39 is 6.10 Å². The SMILES string of the molecule is C[C@H](C(=O)N(C)CCN(C)C)[C@H]1CC[C@]2(C)Cc3sc(CSc4ccccc4)nc3[C@H](C)[C@@H]2[C@H]1O. The van der Waals surface area contributed by atoms with Crippen LogP contribution in [0.25, 0.3) is 0 Å². The van der Waals surface area contributed by atoms with Crippen molar-refractivity contribution in [3.05, 3.63) is 45.9 Å². The van der Waals surface area contributed by atoms with Crippen LogP contribution in [0.5, 0.6) is 0 Å². The summed E-state index contributed by atoms with van der Waals surface area (Å²) in [7, 11) is 5.94. The molecule has 2 aromatic rings. The van der Waals surface area contributed by atoms with Crippen molar-refractivity contribution in [3.8, 4) is 0 Å². The molecule has 4 rings (SSSR count). The van der Waals surface area contributed by atoms with Crippen LogP contribution < -0.4 is 0 Å². The average Bonchev–Trinajstić information content (AvgIpc) is 3.23. The lowest BCUT2D eigenvalue weighted by molar-refractivity contribution is -0.143. The zero-order valence-corrected chi connectivity index (χ0v) is 23.7. The largest absolute Gasteiger partial charge is 0.392 e. The number of aliphatic hydroxyl groups excluding tert-OH is 1. The highest BCUT2D eigenvalue weighted by Gasteiger charge is 2.54. The fourth-order valence-electron chi connectivity index (χ4n) is 6.31. The molecule has 0 radical (unpaired) electrons. The number of aromatic nitrogens is 1. The molecule has 2 aliphatic rings. The van der Waals surface area contributed by atoms with E-state index in [2.05, 4.69) is 43.0 Å². The second-order valence-electron chi connectivity index (χ2n) is 11.2. The van der Waals surface area contributed by atoms with Crippen molar-refractivity contribution in [1.82, 2.24) is 14.8 Å². The summed E-state index contributed by atoms with van der Waals surface area (Å²) >= 11 is 3.69. The second-order valence-corrected chi connectivity index (χ2v) is 13.4. The number of aliphatic hydroxyl groups is 1. The Morgan fingerprint density at radius 1 is 1.26 bits per heavy atom. The van der Waals surface area contributed by atoms with E-state index in [4.69, 9.17) is 4.98 Å². The fraction of sp³-hybridized carbons (Fsp3) is 0.643. The maximum Gasteiger partial charge on any atom is 0.225 e. The molecule has 5 nitrogen and oxygen atoms in total. The van der Waals surface area contributed by atoms with E-state index in [0.717, 1.165) is 31.6 Å². The molecule has 1 saturated carbocycles. The van der Waals surface area contributed by atoms with Crippen molar-refractivity contribution in [2.45, 2.75) is 62.7 Å². The highest BCUT2D eigenvalue weighted by molar-refractivity contribution is 7.98. The Hall–Kier alpha value is -1.41. The summed E-state index contributed by atoms with van der Waals surface area (Å²) in [4.78, 5) is 24.9. The molecule has 0 bridgehead atoms. The molecule has 0 spiro atoms. The minimum atomic E-state index is -0.484. The van der Waals surface area contributed by atoms with Gasteiger partial charge in [0, 0.05) is 41.7 Å². The first-order valence-electron chi connectivity index (χ1n) is 12.8. The number of rotatable bonds is 8. The molecule has 7 heteroatoms. The Kier molecular flexibility index (Phi) is 8.31. The fourth-order valence-corrected chi connectivity index (χ4v) is 8.59. The summed E-state index contributed by atoms with van der Waals surface area (Å²) in [6, 6.07) is 10.5. The molecule has 0 unspecified atom stereocenters. The number of carbonyl (C=O) groups is 1. The number of hydrogen-bond acceptors (Lipinski definition) is 6. The zero-order chi connectivity index (χ0) is 25.3. The first kappa shape index (κ1) is 26.6. The summed E-state index contributed by atoms with van der Waals surface area (Å²) in [5.41, 5.74) is 1.24. The van der Waals surface area contributed by atoms with Crippen LogP contribution in [-0.2, 0) is 17.0 Å². The van der Waals surface area contributed by atoms with E-state index in [1.165, 1.54) is 20.5 Å². The normalized spacial score (nSPS) is 28.9. The van der Waals surface area contributed by atoms with E-state index >= 15 is 0 Å². The van der Waals surface area contributed by atoms with Gasteiger partial charge in [-0.2, -0.15) is 0 Å². The number of amides is 1. The van der Waals surface area contributed by atoms with Gasteiger partial charge in [0.15, 0.2) is 0 Å². The van der Waals surface area contributed by atoms with Gasteiger partial charge in [0.25, 0.3) is 0 Å². The highest BCUT2D eigenvalue weighted by atomic mass is 32.2. The summed E-state index contributed by atoms with van der Waals surface area (Å²) in [6.45, 7) is 8.17. The molecule has 35 heavy (non-hydrogen) atoms. The van der Waals surface area contributed by atoms with Crippen LogP contribution in [0.1, 0.15) is 55.1 Å². The molecule has 1 fully saturated rings. The smallest absolute Gasteiger partial charge is 0.225 e. The number of fused-ring (bicyclic) bond motifs is 2. The van der Waals surface area contributed by atoms with Crippen LogP contribution in [0.4, 0.5) is 0 Å². The Morgan fingerprint density at radius 3 is 2.66 bits per heavy atom. The molecular weight excluding hydrogens is 474 g/mol. The number of benzene rings is 1. The third kappa shape index (κ3) is 5.63. The topological polar surface area (TPSA) is 56.7 Å². The molecule has 0 saturated heterocycles. The first-order valence-corrected chi connectivity index (χ1v) is 14.6. The van der Waals surface area contributed by atoms with Crippen molar-refractivity contribution < 1.29 is 9.90 Å². The van der Waals surface area contributed by atoms with Gasteiger partial charge in [0.05, 0.1) is 17.6 Å². The first-order chi connectivity index (χ1) is 16.6. The van der Waals surface area contributed by atoms with Crippen molar-refractivity contribution in [2.24, 2.45) is 23.2 Å². The summed E-state index contributed by atoms with van der Waals surface area (Å²) in [6.07, 6.45) is 2.45. The molecular formula is C28H41N3O2S2. The molecule has 1 heterocycles. The van der Waals surface area contributed by atoms with Gasteiger partial charge >= 0.3 is 0 Å². The van der Waals surface area contributed by atoms with Crippen molar-refractivity contribution in [1.29, 1.82) is 0 Å². The average molecular weight is 516 g/mol. The van der Waals surface area contributed by atoms with Crippen molar-refractivity contribution in [2.75, 3.05) is 34.2 Å². The molecule has 1 amide bonds. The van der Waals surface area contributed by atoms with Crippen molar-refractivity contribution >= 4 is 29.0 Å². The number of hydrogen-bond donors (Lipinski definition) is 1. The number of thiazole rings is 1. The number of likely N-dealkylation sites (N-methyl/N-ethyl adjacent to an activating group) is 2. The lowest BCUT2D eigenvalue weighted by Gasteiger charge is -2.53. The van der Waals surface area contributed by atoms with Crippen LogP contribution in [-0.4, -0.2) is 66.1 Å². The van der Waals surface area contributed by atoms with Gasteiger partial charge in [-0.1, -0.05) is 39.0 Å². The number of nitrogens with zero attached hydrogens (tertiary/aromatic N) is 3. The van der Waals surface area contributed by atoms with Crippen LogP contribution >= 0.6 is 23.1 Å². The van der Waals surface area contributed by atoms with Gasteiger partial charge in [-0.15, -0.1) is 23.1 Å². The van der Waals surface area contributed by atoms with Gasteiger partial charge in [-0.25, -0.2) is 4.98 Å². The summed E-state index contributed by atoms with van der Waals surface area (Å²) < 4.78 is 0.